The summed E-state index contributed by atoms with van der Waals surface area (Å²) in [6, 6.07) is 17.4. The van der Waals surface area contributed by atoms with Gasteiger partial charge < -0.3 is 20.4 Å². The summed E-state index contributed by atoms with van der Waals surface area (Å²) in [5.41, 5.74) is 10.6. The van der Waals surface area contributed by atoms with Gasteiger partial charge in [-0.15, -0.1) is 0 Å². The van der Waals surface area contributed by atoms with E-state index in [9.17, 15) is 8.42 Å². The van der Waals surface area contributed by atoms with Gasteiger partial charge >= 0.3 is 10.1 Å². The van der Waals surface area contributed by atoms with E-state index in [1.165, 1.54) is 33.8 Å². The molecule has 1 aliphatic carbocycles. The molecule has 0 aliphatic heterocycles. The van der Waals surface area contributed by atoms with Crippen LogP contribution < -0.4 is 15.8 Å². The lowest BCUT2D eigenvalue weighted by Crippen LogP contribution is -2.34. The van der Waals surface area contributed by atoms with Gasteiger partial charge in [-0.2, -0.15) is 8.42 Å². The zero-order valence-corrected chi connectivity index (χ0v) is 19.8. The first kappa shape index (κ1) is 24.9. The molecule has 0 saturated carbocycles. The number of rotatable bonds is 7. The quantitative estimate of drug-likeness (QED) is 0.357. The van der Waals surface area contributed by atoms with Crippen molar-refractivity contribution in [3.8, 4) is 5.75 Å². The van der Waals surface area contributed by atoms with Crippen molar-refractivity contribution in [3.05, 3.63) is 77.7 Å². The molecule has 2 unspecified atom stereocenters. The van der Waals surface area contributed by atoms with Crippen LogP contribution in [0.25, 0.3) is 0 Å². The third kappa shape index (κ3) is 7.13. The van der Waals surface area contributed by atoms with Crippen molar-refractivity contribution in [1.82, 2.24) is 14.9 Å². The summed E-state index contributed by atoms with van der Waals surface area (Å²) in [6.07, 6.45) is 5.64. The van der Waals surface area contributed by atoms with E-state index in [0.717, 1.165) is 31.6 Å². The molecular weight excluding hydrogens is 440 g/mol. The van der Waals surface area contributed by atoms with Crippen LogP contribution in [0.15, 0.2) is 66.1 Å². The Kier molecular flexibility index (Phi) is 8.62. The fourth-order valence-electron chi connectivity index (χ4n) is 3.91. The highest BCUT2D eigenvalue weighted by Gasteiger charge is 2.27. The minimum atomic E-state index is -4.11. The smallest absolute Gasteiger partial charge is 0.313 e. The summed E-state index contributed by atoms with van der Waals surface area (Å²) >= 11 is 0. The molecule has 0 saturated heterocycles. The molecule has 4 rings (SSSR count). The van der Waals surface area contributed by atoms with Crippen molar-refractivity contribution >= 4 is 10.1 Å². The summed E-state index contributed by atoms with van der Waals surface area (Å²) in [5, 5.41) is 2.78. The maximum atomic E-state index is 10.3. The highest BCUT2D eigenvalue weighted by atomic mass is 32.2. The van der Waals surface area contributed by atoms with Gasteiger partial charge in [-0.1, -0.05) is 36.4 Å². The minimum Gasteiger partial charge on any atom is -0.492 e. The SMILES string of the molecule is CNCCOc1ccc2c(c1)C(Cc1ccccc1)C(N)CC2.Cn1cnc(S(=O)(=O)O)c1. The second kappa shape index (κ2) is 11.4. The Balaban J connectivity index is 0.000000257. The number of nitrogens with zero attached hydrogens (tertiary/aromatic N) is 2. The number of aromatic nitrogens is 2. The first-order valence-electron chi connectivity index (χ1n) is 10.9. The molecule has 4 N–H and O–H groups in total. The van der Waals surface area contributed by atoms with Gasteiger partial charge in [-0.05, 0) is 55.1 Å². The lowest BCUT2D eigenvalue weighted by atomic mass is 9.76. The first-order valence-corrected chi connectivity index (χ1v) is 12.4. The molecule has 0 fully saturated rings. The van der Waals surface area contributed by atoms with E-state index >= 15 is 0 Å². The number of nitrogens with two attached hydrogens (primary N) is 1. The van der Waals surface area contributed by atoms with E-state index in [1.54, 1.807) is 7.05 Å². The Hall–Kier alpha value is -2.72. The topological polar surface area (TPSA) is 119 Å². The largest absolute Gasteiger partial charge is 0.492 e. The van der Waals surface area contributed by atoms with Gasteiger partial charge in [0.2, 0.25) is 0 Å². The highest BCUT2D eigenvalue weighted by molar-refractivity contribution is 7.85. The standard InChI is InChI=1S/C20H26N2O.C4H6N2O3S/c1-22-11-12-23-17-9-7-16-8-10-20(21)19(18(16)14-17)13-15-5-3-2-4-6-15;1-6-2-4(5-3-6)10(7,8)9/h2-7,9,14,19-20,22H,8,10-13,21H2,1H3;2-3H,1H3,(H,7,8,9). The van der Waals surface area contributed by atoms with E-state index in [4.69, 9.17) is 15.0 Å². The number of hydrogen-bond acceptors (Lipinski definition) is 6. The predicted octanol–water partition coefficient (Wildman–Crippen LogP) is 2.55. The van der Waals surface area contributed by atoms with Crippen LogP contribution >= 0.6 is 0 Å². The second-order valence-electron chi connectivity index (χ2n) is 8.16. The number of aryl methyl sites for hydroxylation is 2. The molecule has 3 aromatic rings. The Morgan fingerprint density at radius 2 is 2.00 bits per heavy atom. The number of likely N-dealkylation sites (N-methyl/N-ethyl adjacent to an activating group) is 1. The van der Waals surface area contributed by atoms with E-state index < -0.39 is 10.1 Å². The number of ether oxygens (including phenoxy) is 1. The molecule has 1 heterocycles. The number of nitrogens with one attached hydrogen (secondary N) is 1. The Labute approximate surface area is 195 Å². The second-order valence-corrected chi connectivity index (χ2v) is 9.53. The van der Waals surface area contributed by atoms with Crippen molar-refractivity contribution in [2.24, 2.45) is 12.8 Å². The van der Waals surface area contributed by atoms with Gasteiger partial charge in [0.15, 0.2) is 5.03 Å². The van der Waals surface area contributed by atoms with Crippen LogP contribution in [0.1, 0.15) is 29.0 Å². The van der Waals surface area contributed by atoms with Gasteiger partial charge in [0.25, 0.3) is 0 Å². The predicted molar refractivity (Wildman–Crippen MR) is 128 cm³/mol. The number of hydrogen-bond donors (Lipinski definition) is 3. The van der Waals surface area contributed by atoms with Crippen molar-refractivity contribution in [1.29, 1.82) is 0 Å². The maximum Gasteiger partial charge on any atom is 0.313 e. The maximum absolute atomic E-state index is 10.3. The molecule has 1 aliphatic rings. The lowest BCUT2D eigenvalue weighted by molar-refractivity contribution is 0.317. The molecule has 0 radical (unpaired) electrons. The van der Waals surface area contributed by atoms with Crippen molar-refractivity contribution in [2.45, 2.75) is 36.2 Å². The van der Waals surface area contributed by atoms with Crippen molar-refractivity contribution in [2.75, 3.05) is 20.2 Å². The zero-order chi connectivity index (χ0) is 23.8. The average molecular weight is 473 g/mol. The average Bonchev–Trinajstić information content (AvgIpc) is 3.24. The van der Waals surface area contributed by atoms with Crippen LogP contribution in [-0.2, 0) is 30.0 Å². The summed E-state index contributed by atoms with van der Waals surface area (Å²) in [5.74, 6) is 1.32. The van der Waals surface area contributed by atoms with E-state index in [0.29, 0.717) is 12.5 Å². The summed E-state index contributed by atoms with van der Waals surface area (Å²) in [7, 11) is -0.566. The van der Waals surface area contributed by atoms with Crippen molar-refractivity contribution < 1.29 is 17.7 Å². The van der Waals surface area contributed by atoms with Gasteiger partial charge in [-0.25, -0.2) is 4.98 Å². The molecule has 0 bridgehead atoms. The van der Waals surface area contributed by atoms with Crippen LogP contribution in [0.3, 0.4) is 0 Å². The van der Waals surface area contributed by atoms with Crippen molar-refractivity contribution in [3.63, 3.8) is 0 Å². The Morgan fingerprint density at radius 1 is 1.24 bits per heavy atom. The van der Waals surface area contributed by atoms with Crippen LogP contribution in [-0.4, -0.2) is 48.8 Å². The van der Waals surface area contributed by atoms with E-state index in [-0.39, 0.29) is 11.1 Å². The van der Waals surface area contributed by atoms with Gasteiger partial charge in [-0.3, -0.25) is 4.55 Å². The van der Waals surface area contributed by atoms with E-state index in [1.807, 2.05) is 7.05 Å². The molecular formula is C24H32N4O4S. The monoisotopic (exact) mass is 472 g/mol. The van der Waals surface area contributed by atoms with Crippen LogP contribution in [0, 0.1) is 0 Å². The molecule has 1 aromatic heterocycles. The van der Waals surface area contributed by atoms with Crippen LogP contribution in [0.2, 0.25) is 0 Å². The first-order chi connectivity index (χ1) is 15.8. The fraction of sp³-hybridized carbons (Fsp3) is 0.375. The molecule has 178 valence electrons. The molecule has 0 amide bonds. The molecule has 0 spiro atoms. The number of benzene rings is 2. The van der Waals surface area contributed by atoms with E-state index in [2.05, 4.69) is 58.8 Å². The molecule has 2 aromatic carbocycles. The fourth-order valence-corrected chi connectivity index (χ4v) is 4.39. The highest BCUT2D eigenvalue weighted by Crippen LogP contribution is 2.35. The molecule has 2 atom stereocenters. The third-order valence-corrected chi connectivity index (χ3v) is 6.38. The van der Waals surface area contributed by atoms with Gasteiger partial charge in [0.1, 0.15) is 12.4 Å². The minimum absolute atomic E-state index is 0.218. The molecule has 8 nitrogen and oxygen atoms in total. The third-order valence-electron chi connectivity index (χ3n) is 5.65. The summed E-state index contributed by atoms with van der Waals surface area (Å²) in [6.45, 7) is 1.54. The van der Waals surface area contributed by atoms with Crippen LogP contribution in [0.5, 0.6) is 5.75 Å². The van der Waals surface area contributed by atoms with Gasteiger partial charge in [0.05, 0.1) is 6.33 Å². The summed E-state index contributed by atoms with van der Waals surface area (Å²) < 4.78 is 36.3. The van der Waals surface area contributed by atoms with Crippen LogP contribution in [0.4, 0.5) is 0 Å². The Morgan fingerprint density at radius 3 is 2.61 bits per heavy atom. The zero-order valence-electron chi connectivity index (χ0n) is 19.0. The molecule has 33 heavy (non-hydrogen) atoms. The lowest BCUT2D eigenvalue weighted by Gasteiger charge is -2.32. The summed E-state index contributed by atoms with van der Waals surface area (Å²) in [4.78, 5) is 3.41. The normalized spacial score (nSPS) is 17.6. The molecule has 9 heteroatoms. The number of imidazole rings is 1. The Bertz CT molecular complexity index is 1130. The van der Waals surface area contributed by atoms with Gasteiger partial charge in [0, 0.05) is 31.7 Å². The number of fused-ring (bicyclic) bond motifs is 1.